The molecule has 0 atom stereocenters. The summed E-state index contributed by atoms with van der Waals surface area (Å²) in [4.78, 5) is 0. The first-order valence-corrected chi connectivity index (χ1v) is 18.3. The lowest BCUT2D eigenvalue weighted by Crippen LogP contribution is -2.03. The molecule has 11 aromatic rings. The summed E-state index contributed by atoms with van der Waals surface area (Å²) in [6.07, 6.45) is 0. The molecule has 0 saturated carbocycles. The van der Waals surface area contributed by atoms with Gasteiger partial charge in [-0.25, -0.2) is 0 Å². The Labute approximate surface area is 316 Å². The van der Waals surface area contributed by atoms with Crippen molar-refractivity contribution in [3.63, 3.8) is 0 Å². The quantitative estimate of drug-likeness (QED) is 0.184. The summed E-state index contributed by atoms with van der Waals surface area (Å²) in [5, 5.41) is 27.6. The summed E-state index contributed by atoms with van der Waals surface area (Å²) in [7, 11) is 0. The average Bonchev–Trinajstić information content (AvgIpc) is 3.89. The van der Waals surface area contributed by atoms with Gasteiger partial charge in [0.25, 0.3) is 0 Å². The van der Waals surface area contributed by atoms with Crippen LogP contribution in [0.1, 0.15) is 11.1 Å². The lowest BCUT2D eigenvalue weighted by Gasteiger charge is -2.19. The number of aromatic nitrogens is 3. The Balaban J connectivity index is 1.23. The van der Waals surface area contributed by atoms with E-state index >= 15 is 0 Å². The van der Waals surface area contributed by atoms with Crippen LogP contribution in [0.2, 0.25) is 0 Å². The van der Waals surface area contributed by atoms with E-state index in [1.165, 1.54) is 10.8 Å². The third kappa shape index (κ3) is 4.33. The molecule has 0 aliphatic rings. The number of hydrogen-bond acceptors (Lipinski definition) is 2. The van der Waals surface area contributed by atoms with E-state index in [0.29, 0.717) is 11.1 Å². The van der Waals surface area contributed by atoms with Gasteiger partial charge in [-0.15, -0.1) is 0 Å². The Bertz CT molecular complexity index is 3420. The van der Waals surface area contributed by atoms with Gasteiger partial charge in [-0.3, -0.25) is 0 Å². The van der Waals surface area contributed by atoms with Crippen molar-refractivity contribution in [3.05, 3.63) is 187 Å². The molecule has 0 spiro atoms. The summed E-state index contributed by atoms with van der Waals surface area (Å²) < 4.78 is 6.92. The highest BCUT2D eigenvalue weighted by Crippen LogP contribution is 2.43. The van der Waals surface area contributed by atoms with Crippen LogP contribution in [-0.2, 0) is 0 Å². The van der Waals surface area contributed by atoms with Crippen LogP contribution in [0.3, 0.4) is 0 Å². The minimum Gasteiger partial charge on any atom is -0.309 e. The molecule has 3 aromatic heterocycles. The van der Waals surface area contributed by atoms with Crippen LogP contribution < -0.4 is 0 Å². The van der Waals surface area contributed by atoms with E-state index < -0.39 is 0 Å². The highest BCUT2D eigenvalue weighted by atomic mass is 15.0. The fourth-order valence-electron chi connectivity index (χ4n) is 8.91. The number of fused-ring (bicyclic) bond motifs is 9. The van der Waals surface area contributed by atoms with Gasteiger partial charge < -0.3 is 13.7 Å². The zero-order valence-electron chi connectivity index (χ0n) is 29.5. The fraction of sp³-hybridized carbons (Fsp3) is 0. The van der Waals surface area contributed by atoms with Gasteiger partial charge in [-0.1, -0.05) is 109 Å². The van der Waals surface area contributed by atoms with Gasteiger partial charge in [0.05, 0.1) is 67.7 Å². The summed E-state index contributed by atoms with van der Waals surface area (Å²) in [5.74, 6) is 0. The molecule has 5 heteroatoms. The van der Waals surface area contributed by atoms with Gasteiger partial charge in [-0.05, 0) is 66.7 Å². The molecule has 11 rings (SSSR count). The summed E-state index contributed by atoms with van der Waals surface area (Å²) in [6, 6.07) is 65.9. The molecule has 0 fully saturated rings. The fourth-order valence-corrected chi connectivity index (χ4v) is 8.91. The van der Waals surface area contributed by atoms with Crippen LogP contribution in [0.25, 0.3) is 93.6 Å². The van der Waals surface area contributed by atoms with E-state index in [-0.39, 0.29) is 0 Å². The predicted molar refractivity (Wildman–Crippen MR) is 224 cm³/mol. The topological polar surface area (TPSA) is 62.4 Å². The Morgan fingerprint density at radius 3 is 1.49 bits per heavy atom. The molecule has 0 saturated heterocycles. The number of nitrogens with zero attached hydrogens (tertiary/aromatic N) is 5. The van der Waals surface area contributed by atoms with Crippen molar-refractivity contribution in [2.24, 2.45) is 0 Å². The Hall–Kier alpha value is -7.86. The molecule has 0 radical (unpaired) electrons. The van der Waals surface area contributed by atoms with Gasteiger partial charge in [0, 0.05) is 49.1 Å². The Kier molecular flexibility index (Phi) is 6.61. The van der Waals surface area contributed by atoms with Crippen molar-refractivity contribution < 1.29 is 0 Å². The SMILES string of the molecule is N#Cc1cccc(-n2c3ccccc3c3ccc(-n4c5ccccc5c5ccccc54)cc32)c1-c1ccccc1-n1c2ccccc2c2c(C#N)cccc21. The average molecular weight is 700 g/mol. The van der Waals surface area contributed by atoms with Crippen molar-refractivity contribution in [3.8, 4) is 40.3 Å². The van der Waals surface area contributed by atoms with Gasteiger partial charge in [0.1, 0.15) is 0 Å². The standard InChI is InChI=1S/C50H29N5/c51-30-32-13-11-25-46-49(32)39-18-4-9-23-44(39)54(46)45-24-10-5-19-40(45)50-33(31-52)14-12-26-47(50)55-43-22-8-3-17-37(43)38-28-27-34(29-48(38)55)53-41-20-6-1-15-35(41)36-16-2-7-21-42(36)53/h1-29H. The Morgan fingerprint density at radius 2 is 0.818 bits per heavy atom. The third-order valence-electron chi connectivity index (χ3n) is 11.1. The molecule has 0 amide bonds. The normalized spacial score (nSPS) is 11.6. The summed E-state index contributed by atoms with van der Waals surface area (Å²) in [5.41, 5.74) is 12.2. The van der Waals surface area contributed by atoms with E-state index in [4.69, 9.17) is 0 Å². The maximum absolute atomic E-state index is 10.8. The second-order valence-corrected chi connectivity index (χ2v) is 13.9. The number of para-hydroxylation sites is 5. The molecule has 254 valence electrons. The summed E-state index contributed by atoms with van der Waals surface area (Å²) >= 11 is 0. The zero-order chi connectivity index (χ0) is 36.6. The molecule has 0 aliphatic carbocycles. The highest BCUT2D eigenvalue weighted by Gasteiger charge is 2.23. The first-order chi connectivity index (χ1) is 27.2. The van der Waals surface area contributed by atoms with Crippen LogP contribution in [0.5, 0.6) is 0 Å². The number of nitriles is 2. The molecule has 8 aromatic carbocycles. The first-order valence-electron chi connectivity index (χ1n) is 18.3. The van der Waals surface area contributed by atoms with E-state index in [1.807, 2.05) is 48.5 Å². The van der Waals surface area contributed by atoms with Crippen LogP contribution in [0.15, 0.2) is 176 Å². The number of hydrogen-bond donors (Lipinski definition) is 0. The van der Waals surface area contributed by atoms with Crippen LogP contribution in [0.4, 0.5) is 0 Å². The Morgan fingerprint density at radius 1 is 0.345 bits per heavy atom. The molecular formula is C50H29N5. The molecule has 0 aliphatic heterocycles. The van der Waals surface area contributed by atoms with Crippen LogP contribution in [0, 0.1) is 22.7 Å². The van der Waals surface area contributed by atoms with Gasteiger partial charge in [0.15, 0.2) is 0 Å². The van der Waals surface area contributed by atoms with Crippen molar-refractivity contribution in [2.45, 2.75) is 0 Å². The van der Waals surface area contributed by atoms with Crippen LogP contribution >= 0.6 is 0 Å². The molecule has 0 bridgehead atoms. The summed E-state index contributed by atoms with van der Waals surface area (Å²) in [6.45, 7) is 0. The molecule has 55 heavy (non-hydrogen) atoms. The molecule has 3 heterocycles. The second-order valence-electron chi connectivity index (χ2n) is 13.9. The highest BCUT2D eigenvalue weighted by molar-refractivity contribution is 6.14. The van der Waals surface area contributed by atoms with E-state index in [0.717, 1.165) is 82.8 Å². The predicted octanol–water partition coefficient (Wildman–Crippen LogP) is 12.4. The molecule has 0 unspecified atom stereocenters. The third-order valence-corrected chi connectivity index (χ3v) is 11.1. The van der Waals surface area contributed by atoms with E-state index in [9.17, 15) is 10.5 Å². The van der Waals surface area contributed by atoms with Gasteiger partial charge >= 0.3 is 0 Å². The lowest BCUT2D eigenvalue weighted by molar-refractivity contribution is 1.15. The number of benzene rings is 8. The molecular weight excluding hydrogens is 671 g/mol. The maximum atomic E-state index is 10.8. The lowest BCUT2D eigenvalue weighted by atomic mass is 9.96. The van der Waals surface area contributed by atoms with Crippen LogP contribution in [-0.4, -0.2) is 13.7 Å². The molecule has 5 nitrogen and oxygen atoms in total. The van der Waals surface area contributed by atoms with Crippen molar-refractivity contribution >= 4 is 65.4 Å². The maximum Gasteiger partial charge on any atom is 0.0998 e. The number of rotatable bonds is 4. The van der Waals surface area contributed by atoms with E-state index in [1.54, 1.807) is 0 Å². The van der Waals surface area contributed by atoms with Crippen molar-refractivity contribution in [1.82, 2.24) is 13.7 Å². The van der Waals surface area contributed by atoms with Gasteiger partial charge in [-0.2, -0.15) is 10.5 Å². The minimum atomic E-state index is 0.577. The zero-order valence-corrected chi connectivity index (χ0v) is 29.5. The first kappa shape index (κ1) is 30.7. The van der Waals surface area contributed by atoms with Crippen molar-refractivity contribution in [1.29, 1.82) is 10.5 Å². The van der Waals surface area contributed by atoms with Crippen molar-refractivity contribution in [2.75, 3.05) is 0 Å². The van der Waals surface area contributed by atoms with E-state index in [2.05, 4.69) is 153 Å². The largest absolute Gasteiger partial charge is 0.309 e. The molecule has 0 N–H and O–H groups in total. The smallest absolute Gasteiger partial charge is 0.0998 e. The second kappa shape index (κ2) is 11.8. The van der Waals surface area contributed by atoms with Gasteiger partial charge in [0.2, 0.25) is 0 Å². The monoisotopic (exact) mass is 699 g/mol. The minimum absolute atomic E-state index is 0.577.